The molecule has 6 N–H and O–H groups in total. The summed E-state index contributed by atoms with van der Waals surface area (Å²) in [5, 5.41) is 54.4. The zero-order valence-electron chi connectivity index (χ0n) is 49.7. The molecule has 95 heavy (non-hydrogen) atoms. The lowest BCUT2D eigenvalue weighted by atomic mass is 10.0. The van der Waals surface area contributed by atoms with Gasteiger partial charge in [-0.3, -0.25) is 24.0 Å². The van der Waals surface area contributed by atoms with Gasteiger partial charge in [0.1, 0.15) is 75.4 Å². The Morgan fingerprint density at radius 1 is 0.411 bits per heavy atom. The minimum absolute atomic E-state index is 0.000715. The van der Waals surface area contributed by atoms with Crippen LogP contribution < -0.4 is 46.7 Å². The van der Waals surface area contributed by atoms with Crippen molar-refractivity contribution in [2.75, 3.05) is 21.3 Å². The molecule has 0 fully saturated rings. The van der Waals surface area contributed by atoms with Crippen LogP contribution in [0.25, 0.3) is 56.3 Å². The van der Waals surface area contributed by atoms with Gasteiger partial charge in [0.2, 0.25) is 0 Å². The molecule has 11 aromatic rings. The summed E-state index contributed by atoms with van der Waals surface area (Å²) >= 11 is 0. The Hall–Kier alpha value is -14.1. The molecule has 0 amide bonds. The lowest BCUT2D eigenvalue weighted by Gasteiger charge is -2.07. The van der Waals surface area contributed by atoms with Crippen LogP contribution in [0, 0.1) is 69.4 Å². The van der Waals surface area contributed by atoms with Gasteiger partial charge in [-0.15, -0.1) is 0 Å². The molecular formula is C66H45F4N15O10. The molecule has 5 heterocycles. The predicted octanol–water partition coefficient (Wildman–Crippen LogP) is 9.53. The van der Waals surface area contributed by atoms with Crippen molar-refractivity contribution in [3.8, 4) is 121 Å². The number of methoxy groups -OCH3 is 3. The summed E-state index contributed by atoms with van der Waals surface area (Å²) in [6, 6.07) is 43.6. The van der Waals surface area contributed by atoms with Crippen molar-refractivity contribution in [2.24, 2.45) is 0 Å². The zero-order valence-corrected chi connectivity index (χ0v) is 49.7. The average molecular weight is 1280 g/mol. The van der Waals surface area contributed by atoms with E-state index in [1.54, 1.807) is 67.8 Å². The summed E-state index contributed by atoms with van der Waals surface area (Å²) in [5.41, 5.74) is 0.707. The molecule has 0 unspecified atom stereocenters. The van der Waals surface area contributed by atoms with Crippen molar-refractivity contribution < 1.29 is 41.6 Å². The maximum atomic E-state index is 13.6. The average Bonchev–Trinajstić information content (AvgIpc) is 1.11. The van der Waals surface area contributed by atoms with Crippen molar-refractivity contribution in [2.45, 2.75) is 13.1 Å². The van der Waals surface area contributed by atoms with E-state index in [-0.39, 0.29) is 62.0 Å². The summed E-state index contributed by atoms with van der Waals surface area (Å²) in [6.45, 7) is 1.89. The fourth-order valence-corrected chi connectivity index (χ4v) is 8.41. The second kappa shape index (κ2) is 31.9. The molecule has 472 valence electrons. The number of benzene rings is 6. The number of aromatic amines is 5. The van der Waals surface area contributed by atoms with Gasteiger partial charge in [0.25, 0.3) is 27.8 Å². The fraction of sp³-hybridized carbons (Fsp3) is 0.0758. The van der Waals surface area contributed by atoms with Crippen molar-refractivity contribution in [3.05, 3.63) is 262 Å². The minimum atomic E-state index is -4.43. The van der Waals surface area contributed by atoms with Crippen LogP contribution in [0.2, 0.25) is 0 Å². The van der Waals surface area contributed by atoms with Gasteiger partial charge in [0.05, 0.1) is 87.0 Å². The van der Waals surface area contributed by atoms with Crippen LogP contribution >= 0.6 is 0 Å². The van der Waals surface area contributed by atoms with Crippen molar-refractivity contribution in [1.82, 2.24) is 49.8 Å². The molecule has 11 rings (SSSR count). The number of para-hydroxylation sites is 1. The highest BCUT2D eigenvalue weighted by Crippen LogP contribution is 2.33. The molecule has 0 atom stereocenters. The number of aryl methyl sites for hydroxylation is 1. The molecule has 0 aliphatic carbocycles. The largest absolute Gasteiger partial charge is 0.504 e. The molecule has 0 saturated heterocycles. The second-order valence-electron chi connectivity index (χ2n) is 18.8. The third kappa shape index (κ3) is 17.0. The van der Waals surface area contributed by atoms with Crippen LogP contribution in [-0.2, 0) is 6.18 Å². The SMILES string of the molecule is COc1ccc(-c2nc[nH]c(=O)c2C#N)cc1C.COc1ccc(-c2nc[nH]c(=O)c2C#N)cc1F.COc1ccc(-c2nc[nH]c(=O)c2C#N)cc1O.N#Cc1c(-c2ccc(C(F)(F)F)cc2)nc[nH]c1=O.N#Cc1c(-c2ccc(Oc3ccccc3)cc2)nc[nH]c1=O. The fourth-order valence-electron chi connectivity index (χ4n) is 8.41. The topological polar surface area (TPSA) is 405 Å². The molecule has 0 aliphatic rings. The number of rotatable bonds is 10. The van der Waals surface area contributed by atoms with Gasteiger partial charge < -0.3 is 49.0 Å². The van der Waals surface area contributed by atoms with E-state index in [2.05, 4.69) is 49.8 Å². The van der Waals surface area contributed by atoms with Gasteiger partial charge in [0.15, 0.2) is 23.1 Å². The van der Waals surface area contributed by atoms with E-state index >= 15 is 0 Å². The Morgan fingerprint density at radius 3 is 1.06 bits per heavy atom. The first-order valence-electron chi connectivity index (χ1n) is 27.0. The number of halogens is 4. The quantitative estimate of drug-likeness (QED) is 0.0694. The summed E-state index contributed by atoms with van der Waals surface area (Å²) in [5.74, 6) is 1.88. The third-order valence-electron chi connectivity index (χ3n) is 13.0. The van der Waals surface area contributed by atoms with E-state index < -0.39 is 45.4 Å². The van der Waals surface area contributed by atoms with Gasteiger partial charge in [-0.2, -0.15) is 39.5 Å². The number of ether oxygens (including phenoxy) is 4. The van der Waals surface area contributed by atoms with Crippen LogP contribution in [0.5, 0.6) is 34.5 Å². The smallest absolute Gasteiger partial charge is 0.416 e. The molecule has 25 nitrogen and oxygen atoms in total. The Bertz CT molecular complexity index is 4830. The third-order valence-corrected chi connectivity index (χ3v) is 13.0. The Morgan fingerprint density at radius 2 is 0.726 bits per heavy atom. The van der Waals surface area contributed by atoms with Crippen molar-refractivity contribution in [3.63, 3.8) is 0 Å². The highest BCUT2D eigenvalue weighted by Gasteiger charge is 2.30. The van der Waals surface area contributed by atoms with Gasteiger partial charge in [-0.25, -0.2) is 29.3 Å². The number of nitrogens with zero attached hydrogens (tertiary/aromatic N) is 10. The number of nitriles is 5. The van der Waals surface area contributed by atoms with Crippen molar-refractivity contribution >= 4 is 0 Å². The number of H-pyrrole nitrogens is 5. The van der Waals surface area contributed by atoms with E-state index in [1.807, 2.05) is 55.5 Å². The Kier molecular flexibility index (Phi) is 22.9. The molecule has 0 saturated carbocycles. The number of aromatic nitrogens is 10. The van der Waals surface area contributed by atoms with Gasteiger partial charge in [-0.05, 0) is 116 Å². The van der Waals surface area contributed by atoms with Crippen LogP contribution in [0.1, 0.15) is 38.9 Å². The lowest BCUT2D eigenvalue weighted by molar-refractivity contribution is -0.137. The Labute approximate surface area is 533 Å². The second-order valence-corrected chi connectivity index (χ2v) is 18.8. The highest BCUT2D eigenvalue weighted by atomic mass is 19.4. The molecule has 0 radical (unpaired) electrons. The standard InChI is InChI=1S/C17H11N3O2.C13H11N3O2.C12H6F3N3O.C12H8FN3O2.C12H9N3O3/c18-10-15-16(19-11-20-17(15)21)12-6-8-14(9-7-12)22-13-4-2-1-3-5-13;1-8-5-9(3-4-11(8)18-2)12-10(6-14)13(17)16-7-15-12;13-12(14,15)8-3-1-7(2-4-8)10-9(5-16)11(19)18-6-17-10;1-18-10-3-2-7(4-9(10)13)11-8(5-14)12(17)16-6-15-11;1-18-10-3-2-7(4-9(10)16)11-8(5-13)12(17)15-6-14-11/h1-9,11H,(H,19,20,21);3-5,7H,1-2H3,(H,15,16,17);1-4,6H,(H,17,18,19);2-4,6H,1H3,(H,15,16,17);2-4,6,16H,1H3,(H,14,15,17). The number of aromatic hydroxyl groups is 1. The maximum Gasteiger partial charge on any atom is 0.416 e. The normalized spacial score (nSPS) is 10.1. The van der Waals surface area contributed by atoms with Crippen LogP contribution in [0.15, 0.2) is 189 Å². The maximum absolute atomic E-state index is 13.6. The number of nitrogens with one attached hydrogen (secondary N) is 5. The lowest BCUT2D eigenvalue weighted by Crippen LogP contribution is -2.12. The van der Waals surface area contributed by atoms with Crippen LogP contribution in [0.3, 0.4) is 0 Å². The van der Waals surface area contributed by atoms with Crippen molar-refractivity contribution in [1.29, 1.82) is 26.3 Å². The number of hydrogen-bond donors (Lipinski definition) is 6. The van der Waals surface area contributed by atoms with E-state index in [0.717, 1.165) is 41.1 Å². The molecule has 0 spiro atoms. The molecule has 29 heteroatoms. The predicted molar refractivity (Wildman–Crippen MR) is 333 cm³/mol. The minimum Gasteiger partial charge on any atom is -0.504 e. The molecule has 5 aromatic heterocycles. The first-order chi connectivity index (χ1) is 45.7. The summed E-state index contributed by atoms with van der Waals surface area (Å²) in [7, 11) is 4.37. The Balaban J connectivity index is 0.000000168. The number of alkyl halides is 3. The van der Waals surface area contributed by atoms with Gasteiger partial charge in [-0.1, -0.05) is 30.3 Å². The molecule has 6 aromatic carbocycles. The zero-order chi connectivity index (χ0) is 68.8. The first-order valence-corrected chi connectivity index (χ1v) is 27.0. The van der Waals surface area contributed by atoms with E-state index in [4.69, 9.17) is 45.3 Å². The number of phenols is 1. The molecule has 0 aliphatic heterocycles. The van der Waals surface area contributed by atoms with Crippen LogP contribution in [0.4, 0.5) is 17.6 Å². The summed E-state index contributed by atoms with van der Waals surface area (Å²) < 4.78 is 71.3. The summed E-state index contributed by atoms with van der Waals surface area (Å²) in [6.07, 6.45) is 1.61. The molecular weight excluding hydrogens is 1240 g/mol. The number of phenolic OH excluding ortho intramolecular Hbond substituents is 1. The molecule has 0 bridgehead atoms. The van der Waals surface area contributed by atoms with E-state index in [0.29, 0.717) is 39.6 Å². The highest BCUT2D eigenvalue weighted by molar-refractivity contribution is 5.71. The monoisotopic (exact) mass is 1280 g/mol. The van der Waals surface area contributed by atoms with Crippen LogP contribution in [-0.4, -0.2) is 76.3 Å². The van der Waals surface area contributed by atoms with Gasteiger partial charge >= 0.3 is 6.18 Å². The van der Waals surface area contributed by atoms with E-state index in [9.17, 15) is 46.6 Å². The number of hydrogen-bond acceptors (Lipinski definition) is 20. The first kappa shape index (κ1) is 68.4. The van der Waals surface area contributed by atoms with E-state index in [1.165, 1.54) is 82.0 Å². The van der Waals surface area contributed by atoms with Gasteiger partial charge in [0, 0.05) is 27.8 Å². The summed E-state index contributed by atoms with van der Waals surface area (Å²) in [4.78, 5) is 88.8.